The third-order valence-electron chi connectivity index (χ3n) is 5.25. The first-order valence-corrected chi connectivity index (χ1v) is 9.40. The van der Waals surface area contributed by atoms with Crippen LogP contribution in [-0.2, 0) is 22.4 Å². The molecule has 3 aliphatic rings. The van der Waals surface area contributed by atoms with Crippen molar-refractivity contribution in [2.24, 2.45) is 0 Å². The van der Waals surface area contributed by atoms with Crippen LogP contribution in [0.2, 0.25) is 0 Å². The van der Waals surface area contributed by atoms with E-state index in [9.17, 15) is 4.79 Å². The number of carbonyl (C=O) groups is 1. The molecule has 1 aliphatic heterocycles. The van der Waals surface area contributed by atoms with Crippen LogP contribution in [0, 0.1) is 0 Å². The van der Waals surface area contributed by atoms with Gasteiger partial charge in [0.15, 0.2) is 0 Å². The summed E-state index contributed by atoms with van der Waals surface area (Å²) in [6, 6.07) is 2.29. The first-order valence-electron chi connectivity index (χ1n) is 9.40. The number of hydrogen-bond donors (Lipinski definition) is 0. The van der Waals surface area contributed by atoms with Gasteiger partial charge in [-0.15, -0.1) is 0 Å². The third-order valence-corrected chi connectivity index (χ3v) is 5.25. The normalized spacial score (nSPS) is 20.4. The second kappa shape index (κ2) is 7.07. The molecule has 138 valence electrons. The first-order chi connectivity index (χ1) is 13.0. The lowest BCUT2D eigenvalue weighted by Crippen LogP contribution is -2.09. The summed E-state index contributed by atoms with van der Waals surface area (Å²) in [6.07, 6.45) is 14.9. The highest BCUT2D eigenvalue weighted by atomic mass is 16.5. The van der Waals surface area contributed by atoms with E-state index in [2.05, 4.69) is 43.0 Å². The second-order valence-electron chi connectivity index (χ2n) is 7.49. The Kier molecular flexibility index (Phi) is 4.61. The van der Waals surface area contributed by atoms with Crippen molar-refractivity contribution in [2.45, 2.75) is 39.2 Å². The zero-order valence-corrected chi connectivity index (χ0v) is 15.9. The van der Waals surface area contributed by atoms with E-state index in [0.717, 1.165) is 29.7 Å². The zero-order chi connectivity index (χ0) is 19.0. The molecule has 0 saturated heterocycles. The second-order valence-corrected chi connectivity index (χ2v) is 7.49. The molecule has 0 aromatic heterocycles. The average Bonchev–Trinajstić information content (AvgIpc) is 3.20. The first kappa shape index (κ1) is 17.6. The summed E-state index contributed by atoms with van der Waals surface area (Å²) in [5, 5.41) is 0. The van der Waals surface area contributed by atoms with Gasteiger partial charge in [0.1, 0.15) is 18.5 Å². The summed E-state index contributed by atoms with van der Waals surface area (Å²) >= 11 is 0. The van der Waals surface area contributed by atoms with Gasteiger partial charge in [0.2, 0.25) is 0 Å². The van der Waals surface area contributed by atoms with Gasteiger partial charge in [0.05, 0.1) is 0 Å². The fourth-order valence-electron chi connectivity index (χ4n) is 3.83. The fourth-order valence-corrected chi connectivity index (χ4v) is 3.83. The van der Waals surface area contributed by atoms with E-state index < -0.39 is 0 Å². The lowest BCUT2D eigenvalue weighted by atomic mass is 9.90. The molecule has 4 rings (SSSR count). The Morgan fingerprint density at radius 1 is 1.30 bits per heavy atom. The van der Waals surface area contributed by atoms with Gasteiger partial charge >= 0.3 is 5.97 Å². The molecule has 1 aromatic carbocycles. The van der Waals surface area contributed by atoms with E-state index in [1.165, 1.54) is 22.3 Å². The van der Waals surface area contributed by atoms with E-state index in [1.807, 2.05) is 13.0 Å². The number of rotatable bonds is 5. The minimum Gasteiger partial charge on any atom is -0.488 e. The molecule has 0 saturated carbocycles. The number of ether oxygens (including phenoxy) is 2. The summed E-state index contributed by atoms with van der Waals surface area (Å²) in [5.74, 6) is 0.753. The van der Waals surface area contributed by atoms with Crippen LogP contribution >= 0.6 is 0 Å². The Morgan fingerprint density at radius 3 is 2.89 bits per heavy atom. The molecule has 27 heavy (non-hydrogen) atoms. The van der Waals surface area contributed by atoms with Gasteiger partial charge in [-0.1, -0.05) is 48.1 Å². The number of carbonyl (C=O) groups excluding carboxylic acids is 1. The van der Waals surface area contributed by atoms with Crippen LogP contribution in [0.4, 0.5) is 0 Å². The number of fused-ring (bicyclic) bond motifs is 2. The van der Waals surface area contributed by atoms with Crippen molar-refractivity contribution in [2.75, 3.05) is 6.61 Å². The highest BCUT2D eigenvalue weighted by Crippen LogP contribution is 2.39. The Morgan fingerprint density at radius 2 is 2.11 bits per heavy atom. The van der Waals surface area contributed by atoms with Gasteiger partial charge in [-0.3, -0.25) is 0 Å². The lowest BCUT2D eigenvalue weighted by Gasteiger charge is -2.20. The van der Waals surface area contributed by atoms with Crippen molar-refractivity contribution in [3.63, 3.8) is 0 Å². The van der Waals surface area contributed by atoms with Gasteiger partial charge in [0.25, 0.3) is 0 Å². The number of benzene rings is 1. The topological polar surface area (TPSA) is 35.5 Å². The molecule has 0 N–H and O–H groups in total. The van der Waals surface area contributed by atoms with Gasteiger partial charge < -0.3 is 9.47 Å². The maximum absolute atomic E-state index is 11.5. The standard InChI is InChI=1S/C24H24O3/c1-15-7-8-22-19(11-15)14-18-5-4-6-21(18)23(22)26-10-9-16(2)12-20-13-17(3)24(25)27-20/h4,6-9,13-14,20H,1,5,10-12H2,2-3H3/b16-9+. The van der Waals surface area contributed by atoms with Crippen molar-refractivity contribution in [3.8, 4) is 5.75 Å². The molecular weight excluding hydrogens is 336 g/mol. The van der Waals surface area contributed by atoms with Crippen molar-refractivity contribution < 1.29 is 14.3 Å². The average molecular weight is 360 g/mol. The van der Waals surface area contributed by atoms with Gasteiger partial charge in [-0.25, -0.2) is 4.79 Å². The van der Waals surface area contributed by atoms with Gasteiger partial charge in [-0.05, 0) is 50.0 Å². The lowest BCUT2D eigenvalue weighted by molar-refractivity contribution is -0.139. The molecule has 2 aliphatic carbocycles. The predicted molar refractivity (Wildman–Crippen MR) is 109 cm³/mol. The molecule has 0 amide bonds. The largest absolute Gasteiger partial charge is 0.488 e. The summed E-state index contributed by atoms with van der Waals surface area (Å²) in [6.45, 7) is 8.43. The fraction of sp³-hybridized carbons (Fsp3) is 0.292. The molecule has 0 bridgehead atoms. The summed E-state index contributed by atoms with van der Waals surface area (Å²) < 4.78 is 11.5. The number of cyclic esters (lactones) is 1. The van der Waals surface area contributed by atoms with Gasteiger partial charge in [-0.2, -0.15) is 0 Å². The van der Waals surface area contributed by atoms with Gasteiger partial charge in [0, 0.05) is 23.1 Å². The predicted octanol–water partition coefficient (Wildman–Crippen LogP) is 4.97. The van der Waals surface area contributed by atoms with Crippen LogP contribution in [0.15, 0.2) is 53.7 Å². The van der Waals surface area contributed by atoms with E-state index >= 15 is 0 Å². The summed E-state index contributed by atoms with van der Waals surface area (Å²) in [4.78, 5) is 11.5. The number of esters is 1. The van der Waals surface area contributed by atoms with Crippen molar-refractivity contribution in [1.82, 2.24) is 0 Å². The van der Waals surface area contributed by atoms with Crippen LogP contribution in [0.5, 0.6) is 5.75 Å². The van der Waals surface area contributed by atoms with Crippen LogP contribution in [0.3, 0.4) is 0 Å². The monoisotopic (exact) mass is 360 g/mol. The minimum atomic E-state index is -0.212. The van der Waals surface area contributed by atoms with E-state index in [4.69, 9.17) is 9.47 Å². The van der Waals surface area contributed by atoms with Crippen molar-refractivity contribution >= 4 is 18.1 Å². The highest BCUT2D eigenvalue weighted by molar-refractivity contribution is 5.90. The molecule has 0 fully saturated rings. The molecular formula is C24H24O3. The number of hydrogen-bond acceptors (Lipinski definition) is 3. The molecule has 1 unspecified atom stereocenters. The summed E-state index contributed by atoms with van der Waals surface area (Å²) in [5.41, 5.74) is 7.95. The quantitative estimate of drug-likeness (QED) is 0.549. The Labute approximate surface area is 160 Å². The Bertz CT molecular complexity index is 941. The van der Waals surface area contributed by atoms with E-state index in [1.54, 1.807) is 6.92 Å². The molecule has 0 radical (unpaired) electrons. The van der Waals surface area contributed by atoms with Crippen molar-refractivity contribution in [3.05, 3.63) is 75.9 Å². The van der Waals surface area contributed by atoms with E-state index in [0.29, 0.717) is 18.6 Å². The molecule has 1 heterocycles. The Hall–Kier alpha value is -2.81. The molecule has 3 heteroatoms. The van der Waals surface area contributed by atoms with E-state index in [-0.39, 0.29) is 12.1 Å². The Balaban J connectivity index is 1.49. The molecule has 0 spiro atoms. The SMILES string of the molecule is C=C1C=Cc2c(cc3c(c2OC/C=C(\C)CC2C=C(C)C(=O)O2)C=CC3)C1. The minimum absolute atomic E-state index is 0.153. The van der Waals surface area contributed by atoms with Crippen molar-refractivity contribution in [1.29, 1.82) is 0 Å². The van der Waals surface area contributed by atoms with Crippen LogP contribution < -0.4 is 4.74 Å². The highest BCUT2D eigenvalue weighted by Gasteiger charge is 2.22. The molecule has 1 atom stereocenters. The molecule has 3 nitrogen and oxygen atoms in total. The summed E-state index contributed by atoms with van der Waals surface area (Å²) in [7, 11) is 0. The maximum Gasteiger partial charge on any atom is 0.334 e. The third kappa shape index (κ3) is 3.55. The molecule has 1 aromatic rings. The van der Waals surface area contributed by atoms with Crippen LogP contribution in [0.1, 0.15) is 42.5 Å². The zero-order valence-electron chi connectivity index (χ0n) is 15.9. The van der Waals surface area contributed by atoms with Crippen LogP contribution in [-0.4, -0.2) is 18.7 Å². The smallest absolute Gasteiger partial charge is 0.334 e. The number of allylic oxidation sites excluding steroid dienone is 3. The maximum atomic E-state index is 11.5. The van der Waals surface area contributed by atoms with Crippen LogP contribution in [0.25, 0.3) is 12.2 Å².